The molecule has 0 aromatic carbocycles. The lowest BCUT2D eigenvalue weighted by Gasteiger charge is -2.48. The normalized spacial score (nSPS) is 40.0. The van der Waals surface area contributed by atoms with Gasteiger partial charge < -0.3 is 0 Å². The predicted octanol–water partition coefficient (Wildman–Crippen LogP) is 3.15. The molecule has 3 atom stereocenters. The lowest BCUT2D eigenvalue weighted by atomic mass is 9.76. The molecule has 0 N–H and O–H groups in total. The number of rotatable bonds is 1. The van der Waals surface area contributed by atoms with Crippen LogP contribution in [0.5, 0.6) is 0 Å². The smallest absolute Gasteiger partial charge is 0.134 e. The minimum atomic E-state index is 0.513. The van der Waals surface area contributed by atoms with Gasteiger partial charge in [-0.2, -0.15) is 0 Å². The fraction of sp³-hybridized carbons (Fsp3) is 0.933. The molecule has 3 fully saturated rings. The summed E-state index contributed by atoms with van der Waals surface area (Å²) in [6.45, 7) is 1.26. The molecule has 0 aromatic heterocycles. The van der Waals surface area contributed by atoms with Crippen LogP contribution < -0.4 is 0 Å². The third-order valence-electron chi connectivity index (χ3n) is 5.21. The van der Waals surface area contributed by atoms with E-state index in [1.54, 1.807) is 0 Å². The van der Waals surface area contributed by atoms with E-state index in [9.17, 15) is 4.79 Å². The van der Waals surface area contributed by atoms with E-state index < -0.39 is 0 Å². The number of nitrogens with zero attached hydrogens (tertiary/aromatic N) is 1. The molecule has 0 spiro atoms. The zero-order valence-corrected chi connectivity index (χ0v) is 10.9. The van der Waals surface area contributed by atoms with E-state index in [2.05, 4.69) is 4.90 Å². The molecule has 0 bridgehead atoms. The Bertz CT molecular complexity index is 287. The number of carbonyl (C=O) groups excluding carboxylic acids is 1. The highest BCUT2D eigenvalue weighted by Crippen LogP contribution is 2.38. The van der Waals surface area contributed by atoms with E-state index in [-0.39, 0.29) is 0 Å². The zero-order chi connectivity index (χ0) is 11.7. The first kappa shape index (κ1) is 11.7. The highest BCUT2D eigenvalue weighted by molar-refractivity contribution is 5.79. The number of piperidine rings is 1. The quantitative estimate of drug-likeness (QED) is 0.696. The Labute approximate surface area is 105 Å². The topological polar surface area (TPSA) is 20.3 Å². The Morgan fingerprint density at radius 2 is 1.76 bits per heavy atom. The maximum atomic E-state index is 11.6. The van der Waals surface area contributed by atoms with E-state index in [1.807, 2.05) is 0 Å². The van der Waals surface area contributed by atoms with Crippen LogP contribution >= 0.6 is 0 Å². The van der Waals surface area contributed by atoms with Crippen molar-refractivity contribution in [2.75, 3.05) is 6.54 Å². The van der Waals surface area contributed by atoms with Crippen molar-refractivity contribution in [2.45, 2.75) is 76.3 Å². The fourth-order valence-electron chi connectivity index (χ4n) is 4.40. The molecule has 17 heavy (non-hydrogen) atoms. The second-order valence-electron chi connectivity index (χ2n) is 6.28. The van der Waals surface area contributed by atoms with Crippen molar-refractivity contribution in [3.8, 4) is 0 Å². The molecule has 2 heteroatoms. The number of Topliss-reactive ketones (excluding diaryl/α,β-unsaturated/α-hetero) is 1. The number of carbonyl (C=O) groups is 1. The fourth-order valence-corrected chi connectivity index (χ4v) is 4.40. The van der Waals surface area contributed by atoms with Crippen LogP contribution in [-0.2, 0) is 4.79 Å². The Balaban J connectivity index is 1.69. The number of hydrogen-bond acceptors (Lipinski definition) is 2. The number of likely N-dealkylation sites (tertiary alicyclic amines) is 1. The molecule has 3 aliphatic rings. The molecule has 0 aromatic rings. The summed E-state index contributed by atoms with van der Waals surface area (Å²) in [5.74, 6) is 1.47. The van der Waals surface area contributed by atoms with Crippen molar-refractivity contribution in [3.05, 3.63) is 0 Å². The van der Waals surface area contributed by atoms with Gasteiger partial charge >= 0.3 is 0 Å². The second kappa shape index (κ2) is 5.09. The summed E-state index contributed by atoms with van der Waals surface area (Å²) < 4.78 is 0. The Morgan fingerprint density at radius 3 is 2.65 bits per heavy atom. The Kier molecular flexibility index (Phi) is 3.51. The minimum absolute atomic E-state index is 0.513. The van der Waals surface area contributed by atoms with Gasteiger partial charge in [0.2, 0.25) is 0 Å². The maximum absolute atomic E-state index is 11.6. The average molecular weight is 235 g/mol. The van der Waals surface area contributed by atoms with Gasteiger partial charge in [-0.3, -0.25) is 9.69 Å². The van der Waals surface area contributed by atoms with Gasteiger partial charge in [0.15, 0.2) is 0 Å². The predicted molar refractivity (Wildman–Crippen MR) is 68.9 cm³/mol. The molecular formula is C15H25NO. The first-order valence-electron chi connectivity index (χ1n) is 7.62. The van der Waals surface area contributed by atoms with Crippen LogP contribution in [0.25, 0.3) is 0 Å². The van der Waals surface area contributed by atoms with Gasteiger partial charge in [-0.1, -0.05) is 12.8 Å². The number of ketones is 1. The van der Waals surface area contributed by atoms with Crippen molar-refractivity contribution in [3.63, 3.8) is 0 Å². The highest BCUT2D eigenvalue weighted by atomic mass is 16.1. The summed E-state index contributed by atoms with van der Waals surface area (Å²) in [4.78, 5) is 14.4. The molecule has 2 saturated carbocycles. The van der Waals surface area contributed by atoms with Gasteiger partial charge in [0.25, 0.3) is 0 Å². The van der Waals surface area contributed by atoms with Gasteiger partial charge in [-0.05, 0) is 51.0 Å². The molecule has 3 unspecified atom stereocenters. The lowest BCUT2D eigenvalue weighted by molar-refractivity contribution is -0.123. The van der Waals surface area contributed by atoms with Gasteiger partial charge in [-0.15, -0.1) is 0 Å². The lowest BCUT2D eigenvalue weighted by Crippen LogP contribution is -2.52. The third kappa shape index (κ3) is 2.42. The molecule has 2 aliphatic carbocycles. The van der Waals surface area contributed by atoms with Gasteiger partial charge in [0.1, 0.15) is 5.78 Å². The zero-order valence-electron chi connectivity index (χ0n) is 10.9. The molecule has 1 aliphatic heterocycles. The molecular weight excluding hydrogens is 210 g/mol. The summed E-state index contributed by atoms with van der Waals surface area (Å²) in [5.41, 5.74) is 0. The number of hydrogen-bond donors (Lipinski definition) is 0. The Morgan fingerprint density at radius 1 is 0.941 bits per heavy atom. The molecule has 96 valence electrons. The first-order valence-corrected chi connectivity index (χ1v) is 7.62. The maximum Gasteiger partial charge on any atom is 0.134 e. The largest absolute Gasteiger partial charge is 0.300 e. The van der Waals surface area contributed by atoms with E-state index in [1.165, 1.54) is 51.5 Å². The molecule has 0 amide bonds. The van der Waals surface area contributed by atoms with Crippen molar-refractivity contribution in [1.82, 2.24) is 4.90 Å². The summed E-state index contributed by atoms with van der Waals surface area (Å²) in [6.07, 6.45) is 12.6. The van der Waals surface area contributed by atoms with Gasteiger partial charge in [-0.25, -0.2) is 0 Å². The van der Waals surface area contributed by atoms with E-state index in [0.717, 1.165) is 31.2 Å². The number of fused-ring (bicyclic) bond motifs is 1. The Hall–Kier alpha value is -0.370. The van der Waals surface area contributed by atoms with E-state index in [4.69, 9.17) is 0 Å². The molecule has 2 nitrogen and oxygen atoms in total. The average Bonchev–Trinajstić information content (AvgIpc) is 2.38. The minimum Gasteiger partial charge on any atom is -0.300 e. The summed E-state index contributed by atoms with van der Waals surface area (Å²) in [7, 11) is 0. The van der Waals surface area contributed by atoms with Crippen LogP contribution in [0.2, 0.25) is 0 Å². The van der Waals surface area contributed by atoms with Crippen LogP contribution in [0, 0.1) is 5.92 Å². The van der Waals surface area contributed by atoms with E-state index >= 15 is 0 Å². The van der Waals surface area contributed by atoms with Crippen LogP contribution in [0.1, 0.15) is 64.2 Å². The van der Waals surface area contributed by atoms with Gasteiger partial charge in [0.05, 0.1) is 0 Å². The SMILES string of the molecule is O=C1CCCC(N2CCCC3CCCCC32)C1. The van der Waals surface area contributed by atoms with Crippen molar-refractivity contribution >= 4 is 5.78 Å². The third-order valence-corrected chi connectivity index (χ3v) is 5.21. The first-order chi connectivity index (χ1) is 8.34. The molecule has 1 heterocycles. The van der Waals surface area contributed by atoms with Crippen LogP contribution in [0.3, 0.4) is 0 Å². The van der Waals surface area contributed by atoms with Crippen LogP contribution in [0.15, 0.2) is 0 Å². The highest BCUT2D eigenvalue weighted by Gasteiger charge is 2.37. The summed E-state index contributed by atoms with van der Waals surface area (Å²) >= 11 is 0. The summed E-state index contributed by atoms with van der Waals surface area (Å²) in [5, 5.41) is 0. The molecule has 3 rings (SSSR count). The standard InChI is InChI=1S/C15H25NO/c17-14-8-3-7-13(11-14)16-10-4-6-12-5-1-2-9-15(12)16/h12-13,15H,1-11H2. The van der Waals surface area contributed by atoms with Crippen molar-refractivity contribution < 1.29 is 4.79 Å². The molecule has 0 radical (unpaired) electrons. The van der Waals surface area contributed by atoms with Crippen LogP contribution in [-0.4, -0.2) is 29.3 Å². The van der Waals surface area contributed by atoms with Crippen LogP contribution in [0.4, 0.5) is 0 Å². The van der Waals surface area contributed by atoms with E-state index in [0.29, 0.717) is 11.8 Å². The summed E-state index contributed by atoms with van der Waals surface area (Å²) in [6, 6.07) is 1.43. The second-order valence-corrected chi connectivity index (χ2v) is 6.28. The molecule has 1 saturated heterocycles. The monoisotopic (exact) mass is 235 g/mol. The van der Waals surface area contributed by atoms with Gasteiger partial charge in [0, 0.05) is 24.9 Å². The van der Waals surface area contributed by atoms with Crippen molar-refractivity contribution in [1.29, 1.82) is 0 Å². The van der Waals surface area contributed by atoms with Crippen molar-refractivity contribution in [2.24, 2.45) is 5.92 Å².